The van der Waals surface area contributed by atoms with Crippen molar-refractivity contribution in [3.8, 4) is 0 Å². The van der Waals surface area contributed by atoms with Crippen molar-refractivity contribution >= 4 is 0 Å². The van der Waals surface area contributed by atoms with E-state index in [-0.39, 0.29) is 0 Å². The Labute approximate surface area is 107 Å². The van der Waals surface area contributed by atoms with Crippen molar-refractivity contribution in [1.82, 2.24) is 0 Å². The van der Waals surface area contributed by atoms with Gasteiger partial charge in [-0.1, -0.05) is 25.5 Å². The fourth-order valence-electron chi connectivity index (χ4n) is 1.64. The first-order valence-corrected chi connectivity index (χ1v) is 6.31. The van der Waals surface area contributed by atoms with E-state index in [2.05, 4.69) is 0 Å². The fraction of sp³-hybridized carbons (Fsp3) is 0.571. The SMILES string of the molecule is CC.Cc1cc(CCCCN)cc(C(F)(F)F)c1. The molecule has 0 aromatic heterocycles. The zero-order valence-corrected chi connectivity index (χ0v) is 11.3. The third-order valence-electron chi connectivity index (χ3n) is 2.38. The summed E-state index contributed by atoms with van der Waals surface area (Å²) >= 11 is 0. The zero-order valence-electron chi connectivity index (χ0n) is 11.3. The summed E-state index contributed by atoms with van der Waals surface area (Å²) in [6.45, 7) is 6.26. The Morgan fingerprint density at radius 3 is 2.17 bits per heavy atom. The molecule has 0 saturated carbocycles. The first kappa shape index (κ1) is 17.0. The molecular formula is C14H22F3N. The highest BCUT2D eigenvalue weighted by Crippen LogP contribution is 2.30. The molecule has 104 valence electrons. The molecule has 1 aromatic carbocycles. The van der Waals surface area contributed by atoms with E-state index in [1.165, 1.54) is 12.1 Å². The number of nitrogens with two attached hydrogens (primary N) is 1. The second-order valence-corrected chi connectivity index (χ2v) is 3.95. The summed E-state index contributed by atoms with van der Waals surface area (Å²) < 4.78 is 37.5. The number of halogens is 3. The van der Waals surface area contributed by atoms with E-state index in [9.17, 15) is 13.2 Å². The predicted octanol–water partition coefficient (Wildman–Crippen LogP) is 4.32. The summed E-state index contributed by atoms with van der Waals surface area (Å²) in [6.07, 6.45) is -1.93. The van der Waals surface area contributed by atoms with Crippen LogP contribution in [-0.2, 0) is 12.6 Å². The largest absolute Gasteiger partial charge is 0.416 e. The minimum Gasteiger partial charge on any atom is -0.330 e. The third kappa shape index (κ3) is 6.05. The van der Waals surface area contributed by atoms with Gasteiger partial charge in [0.1, 0.15) is 0 Å². The molecule has 0 radical (unpaired) electrons. The van der Waals surface area contributed by atoms with Crippen LogP contribution in [0.1, 0.15) is 43.4 Å². The standard InChI is InChI=1S/C12H16F3N.C2H6/c1-9-6-10(4-2-3-5-16)8-11(7-9)12(13,14)15;1-2/h6-8H,2-5,16H2,1H3;1-2H3. The molecule has 4 heteroatoms. The molecule has 1 rings (SSSR count). The first-order chi connectivity index (χ1) is 8.43. The van der Waals surface area contributed by atoms with Crippen LogP contribution in [-0.4, -0.2) is 6.54 Å². The molecule has 0 atom stereocenters. The number of unbranched alkanes of at least 4 members (excludes halogenated alkanes) is 1. The molecule has 18 heavy (non-hydrogen) atoms. The van der Waals surface area contributed by atoms with Crippen molar-refractivity contribution in [1.29, 1.82) is 0 Å². The van der Waals surface area contributed by atoms with Crippen molar-refractivity contribution in [3.63, 3.8) is 0 Å². The van der Waals surface area contributed by atoms with Crippen molar-refractivity contribution in [2.45, 2.75) is 46.2 Å². The van der Waals surface area contributed by atoms with E-state index in [0.717, 1.165) is 18.4 Å². The van der Waals surface area contributed by atoms with Crippen molar-refractivity contribution in [2.75, 3.05) is 6.54 Å². The van der Waals surface area contributed by atoms with Crippen LogP contribution in [0.2, 0.25) is 0 Å². The number of rotatable bonds is 4. The Morgan fingerprint density at radius 1 is 1.06 bits per heavy atom. The Hall–Kier alpha value is -1.03. The Kier molecular flexibility index (Phi) is 7.67. The van der Waals surface area contributed by atoms with Gasteiger partial charge in [0.25, 0.3) is 0 Å². The van der Waals surface area contributed by atoms with Crippen molar-refractivity contribution in [3.05, 3.63) is 34.9 Å². The Morgan fingerprint density at radius 2 is 1.67 bits per heavy atom. The van der Waals surface area contributed by atoms with Gasteiger partial charge < -0.3 is 5.73 Å². The maximum atomic E-state index is 12.5. The van der Waals surface area contributed by atoms with Crippen molar-refractivity contribution in [2.24, 2.45) is 5.73 Å². The Balaban J connectivity index is 0.00000137. The van der Waals surface area contributed by atoms with Crippen LogP contribution in [0.15, 0.2) is 18.2 Å². The minimum atomic E-state index is -4.26. The lowest BCUT2D eigenvalue weighted by atomic mass is 10.0. The number of benzene rings is 1. The lowest BCUT2D eigenvalue weighted by Crippen LogP contribution is -2.06. The number of hydrogen-bond acceptors (Lipinski definition) is 1. The lowest BCUT2D eigenvalue weighted by molar-refractivity contribution is -0.137. The van der Waals surface area contributed by atoms with Crippen molar-refractivity contribution < 1.29 is 13.2 Å². The fourth-order valence-corrected chi connectivity index (χ4v) is 1.64. The van der Waals surface area contributed by atoms with Gasteiger partial charge in [-0.05, 0) is 50.4 Å². The van der Waals surface area contributed by atoms with Gasteiger partial charge in [-0.2, -0.15) is 13.2 Å². The molecule has 0 spiro atoms. The van der Waals surface area contributed by atoms with Crippen LogP contribution in [0, 0.1) is 6.92 Å². The van der Waals surface area contributed by atoms with Gasteiger partial charge in [0.15, 0.2) is 0 Å². The molecular weight excluding hydrogens is 239 g/mol. The first-order valence-electron chi connectivity index (χ1n) is 6.31. The van der Waals surface area contributed by atoms with Gasteiger partial charge in [-0.3, -0.25) is 0 Å². The van der Waals surface area contributed by atoms with E-state index in [1.54, 1.807) is 13.0 Å². The number of alkyl halides is 3. The second-order valence-electron chi connectivity index (χ2n) is 3.95. The summed E-state index contributed by atoms with van der Waals surface area (Å²) in [5, 5.41) is 0. The molecule has 0 bridgehead atoms. The summed E-state index contributed by atoms with van der Waals surface area (Å²) in [5.74, 6) is 0. The third-order valence-corrected chi connectivity index (χ3v) is 2.38. The van der Waals surface area contributed by atoms with Gasteiger partial charge in [0.2, 0.25) is 0 Å². The van der Waals surface area contributed by atoms with Gasteiger partial charge >= 0.3 is 6.18 Å². The van der Waals surface area contributed by atoms with E-state index in [1.807, 2.05) is 13.8 Å². The molecule has 0 aliphatic rings. The molecule has 0 heterocycles. The maximum absolute atomic E-state index is 12.5. The zero-order chi connectivity index (χ0) is 14.2. The highest BCUT2D eigenvalue weighted by Gasteiger charge is 2.30. The summed E-state index contributed by atoms with van der Waals surface area (Å²) in [6, 6.07) is 4.20. The molecule has 1 nitrogen and oxygen atoms in total. The number of hydrogen-bond donors (Lipinski definition) is 1. The van der Waals surface area contributed by atoms with E-state index >= 15 is 0 Å². The van der Waals surface area contributed by atoms with Crippen LogP contribution in [0.25, 0.3) is 0 Å². The molecule has 0 aliphatic carbocycles. The van der Waals surface area contributed by atoms with Crippen LogP contribution < -0.4 is 5.73 Å². The smallest absolute Gasteiger partial charge is 0.330 e. The monoisotopic (exact) mass is 261 g/mol. The van der Waals surface area contributed by atoms with Crippen LogP contribution in [0.4, 0.5) is 13.2 Å². The van der Waals surface area contributed by atoms with E-state index in [4.69, 9.17) is 5.73 Å². The highest BCUT2D eigenvalue weighted by atomic mass is 19.4. The summed E-state index contributed by atoms with van der Waals surface area (Å²) in [4.78, 5) is 0. The van der Waals surface area contributed by atoms with E-state index in [0.29, 0.717) is 18.5 Å². The van der Waals surface area contributed by atoms with Gasteiger partial charge in [0, 0.05) is 0 Å². The quantitative estimate of drug-likeness (QED) is 0.802. The van der Waals surface area contributed by atoms with E-state index < -0.39 is 11.7 Å². The second kappa shape index (κ2) is 8.14. The Bertz CT molecular complexity index is 345. The molecule has 0 fully saturated rings. The average Bonchev–Trinajstić information content (AvgIpc) is 2.30. The lowest BCUT2D eigenvalue weighted by Gasteiger charge is -2.10. The van der Waals surface area contributed by atoms with Gasteiger partial charge in [-0.15, -0.1) is 0 Å². The normalized spacial score (nSPS) is 10.8. The molecule has 0 saturated heterocycles. The van der Waals surface area contributed by atoms with Crippen LogP contribution >= 0.6 is 0 Å². The molecule has 0 aliphatic heterocycles. The minimum absolute atomic E-state index is 0.560. The topological polar surface area (TPSA) is 26.0 Å². The average molecular weight is 261 g/mol. The van der Waals surface area contributed by atoms with Crippen LogP contribution in [0.5, 0.6) is 0 Å². The maximum Gasteiger partial charge on any atom is 0.416 e. The highest BCUT2D eigenvalue weighted by molar-refractivity contribution is 5.31. The summed E-state index contributed by atoms with van der Waals surface area (Å²) in [7, 11) is 0. The van der Waals surface area contributed by atoms with Crippen LogP contribution in [0.3, 0.4) is 0 Å². The molecule has 1 aromatic rings. The number of aryl methyl sites for hydroxylation is 2. The molecule has 0 amide bonds. The molecule has 2 N–H and O–H groups in total. The molecule has 0 unspecified atom stereocenters. The summed E-state index contributed by atoms with van der Waals surface area (Å²) in [5.41, 5.74) is 6.17. The predicted molar refractivity (Wildman–Crippen MR) is 69.5 cm³/mol. The van der Waals surface area contributed by atoms with Gasteiger partial charge in [0.05, 0.1) is 5.56 Å². The van der Waals surface area contributed by atoms with Gasteiger partial charge in [-0.25, -0.2) is 0 Å².